The van der Waals surface area contributed by atoms with Gasteiger partial charge in [0.05, 0.1) is 0 Å². The molecule has 3 heteroatoms. The first kappa shape index (κ1) is 12.2. The van der Waals surface area contributed by atoms with Crippen LogP contribution in [0.2, 0.25) is 0 Å². The summed E-state index contributed by atoms with van der Waals surface area (Å²) in [6, 6.07) is 6.79. The number of fused-ring (bicyclic) bond motifs is 1. The number of Topliss-reactive ketones (excluding diaryl/α,β-unsaturated/α-hetero) is 1. The molecule has 17 heavy (non-hydrogen) atoms. The van der Waals surface area contributed by atoms with E-state index in [0.29, 0.717) is 6.42 Å². The van der Waals surface area contributed by atoms with Gasteiger partial charge in [-0.05, 0) is 36.1 Å². The smallest absolute Gasteiger partial charge is 0.135 e. The van der Waals surface area contributed by atoms with Gasteiger partial charge in [-0.2, -0.15) is 0 Å². The predicted molar refractivity (Wildman–Crippen MR) is 69.9 cm³/mol. The van der Waals surface area contributed by atoms with Crippen LogP contribution in [-0.2, 0) is 11.2 Å². The largest absolute Gasteiger partial charge is 0.299 e. The van der Waals surface area contributed by atoms with Gasteiger partial charge in [-0.1, -0.05) is 13.8 Å². The average Bonchev–Trinajstić information content (AvgIpc) is 2.67. The molecule has 0 spiro atoms. The highest BCUT2D eigenvalue weighted by Crippen LogP contribution is 2.27. The Labute approximate surface area is 104 Å². The van der Waals surface area contributed by atoms with Crippen LogP contribution in [0.15, 0.2) is 24.3 Å². The molecule has 2 rings (SSSR count). The Morgan fingerprint density at radius 2 is 2.12 bits per heavy atom. The molecule has 0 radical (unpaired) electrons. The minimum absolute atomic E-state index is 0.0989. The number of halogens is 1. The van der Waals surface area contributed by atoms with E-state index in [1.807, 2.05) is 19.9 Å². The zero-order valence-corrected chi connectivity index (χ0v) is 10.8. The molecule has 0 aliphatic heterocycles. The molecule has 0 amide bonds. The quantitative estimate of drug-likeness (QED) is 0.795. The maximum absolute atomic E-state index is 13.0. The fourth-order valence-electron chi connectivity index (χ4n) is 1.73. The summed E-state index contributed by atoms with van der Waals surface area (Å²) in [5.74, 6) is 0.176. The summed E-state index contributed by atoms with van der Waals surface area (Å²) in [5.41, 5.74) is 0. The Bertz CT molecular complexity index is 542. The van der Waals surface area contributed by atoms with E-state index in [0.717, 1.165) is 21.4 Å². The van der Waals surface area contributed by atoms with E-state index in [4.69, 9.17) is 0 Å². The Morgan fingerprint density at radius 1 is 1.35 bits per heavy atom. The lowest BCUT2D eigenvalue weighted by atomic mass is 10.0. The second kappa shape index (κ2) is 4.96. The lowest BCUT2D eigenvalue weighted by Crippen LogP contribution is -2.07. The first-order chi connectivity index (χ1) is 8.06. The van der Waals surface area contributed by atoms with E-state index >= 15 is 0 Å². The molecular formula is C14H15FOS. The number of carbonyl (C=O) groups excluding carboxylic acids is 1. The third kappa shape index (κ3) is 2.91. The molecule has 1 heterocycles. The first-order valence-corrected chi connectivity index (χ1v) is 6.58. The van der Waals surface area contributed by atoms with Gasteiger partial charge >= 0.3 is 0 Å². The minimum atomic E-state index is -0.208. The summed E-state index contributed by atoms with van der Waals surface area (Å²) in [4.78, 5) is 12.7. The summed E-state index contributed by atoms with van der Waals surface area (Å²) in [6.45, 7) is 3.84. The van der Waals surface area contributed by atoms with Crippen molar-refractivity contribution in [1.29, 1.82) is 0 Å². The van der Waals surface area contributed by atoms with Crippen molar-refractivity contribution >= 4 is 27.2 Å². The number of hydrogen-bond donors (Lipinski definition) is 0. The Hall–Kier alpha value is -1.22. The Balaban J connectivity index is 2.12. The van der Waals surface area contributed by atoms with E-state index in [2.05, 4.69) is 0 Å². The SMILES string of the molecule is CC(C)C(=O)CCc1cc2cc(F)ccc2s1. The van der Waals surface area contributed by atoms with E-state index < -0.39 is 0 Å². The zero-order chi connectivity index (χ0) is 12.4. The molecule has 0 aliphatic carbocycles. The van der Waals surface area contributed by atoms with Crippen LogP contribution in [0.5, 0.6) is 0 Å². The molecule has 0 saturated carbocycles. The van der Waals surface area contributed by atoms with Crippen molar-refractivity contribution in [1.82, 2.24) is 0 Å². The highest BCUT2D eigenvalue weighted by atomic mass is 32.1. The van der Waals surface area contributed by atoms with Crippen LogP contribution in [0.25, 0.3) is 10.1 Å². The summed E-state index contributed by atoms with van der Waals surface area (Å²) in [6.07, 6.45) is 1.34. The number of rotatable bonds is 4. The van der Waals surface area contributed by atoms with Crippen molar-refractivity contribution in [2.75, 3.05) is 0 Å². The summed E-state index contributed by atoms with van der Waals surface area (Å²) in [5, 5.41) is 0.932. The highest BCUT2D eigenvalue weighted by Gasteiger charge is 2.09. The van der Waals surface area contributed by atoms with Crippen LogP contribution in [0.1, 0.15) is 25.1 Å². The summed E-state index contributed by atoms with van der Waals surface area (Å²) in [7, 11) is 0. The Morgan fingerprint density at radius 3 is 2.82 bits per heavy atom. The molecule has 1 aromatic carbocycles. The molecule has 1 nitrogen and oxygen atoms in total. The third-order valence-electron chi connectivity index (χ3n) is 2.79. The molecular weight excluding hydrogens is 235 g/mol. The third-order valence-corrected chi connectivity index (χ3v) is 3.97. The van der Waals surface area contributed by atoms with E-state index in [-0.39, 0.29) is 17.5 Å². The first-order valence-electron chi connectivity index (χ1n) is 5.77. The molecule has 0 bridgehead atoms. The standard InChI is InChI=1S/C14H15FOS/c1-9(2)13(16)5-4-12-8-10-7-11(15)3-6-14(10)17-12/h3,6-9H,4-5H2,1-2H3. The van der Waals surface area contributed by atoms with Crippen molar-refractivity contribution in [3.8, 4) is 0 Å². The van der Waals surface area contributed by atoms with E-state index in [1.54, 1.807) is 23.5 Å². The topological polar surface area (TPSA) is 17.1 Å². The van der Waals surface area contributed by atoms with Gasteiger partial charge in [-0.15, -0.1) is 11.3 Å². The molecule has 0 atom stereocenters. The number of hydrogen-bond acceptors (Lipinski definition) is 2. The van der Waals surface area contributed by atoms with Gasteiger partial charge in [0.15, 0.2) is 0 Å². The lowest BCUT2D eigenvalue weighted by molar-refractivity contribution is -0.121. The lowest BCUT2D eigenvalue weighted by Gasteiger charge is -2.01. The van der Waals surface area contributed by atoms with Crippen LogP contribution >= 0.6 is 11.3 Å². The fraction of sp³-hybridized carbons (Fsp3) is 0.357. The molecule has 0 N–H and O–H groups in total. The maximum Gasteiger partial charge on any atom is 0.135 e. The number of thiophene rings is 1. The minimum Gasteiger partial charge on any atom is -0.299 e. The number of carbonyl (C=O) groups is 1. The van der Waals surface area contributed by atoms with Crippen LogP contribution < -0.4 is 0 Å². The molecule has 1 aromatic heterocycles. The van der Waals surface area contributed by atoms with E-state index in [1.165, 1.54) is 6.07 Å². The molecule has 90 valence electrons. The second-order valence-electron chi connectivity index (χ2n) is 4.52. The molecule has 0 unspecified atom stereocenters. The van der Waals surface area contributed by atoms with Crippen molar-refractivity contribution in [2.45, 2.75) is 26.7 Å². The van der Waals surface area contributed by atoms with Crippen molar-refractivity contribution in [3.05, 3.63) is 35.0 Å². The normalized spacial score (nSPS) is 11.3. The fourth-order valence-corrected chi connectivity index (χ4v) is 2.77. The maximum atomic E-state index is 13.0. The number of benzene rings is 1. The predicted octanol–water partition coefficient (Wildman–Crippen LogP) is 4.20. The number of ketones is 1. The van der Waals surface area contributed by atoms with Gasteiger partial charge in [0.1, 0.15) is 11.6 Å². The van der Waals surface area contributed by atoms with Gasteiger partial charge in [-0.3, -0.25) is 4.79 Å². The van der Waals surface area contributed by atoms with Crippen molar-refractivity contribution in [2.24, 2.45) is 5.92 Å². The monoisotopic (exact) mass is 250 g/mol. The van der Waals surface area contributed by atoms with Crippen molar-refractivity contribution < 1.29 is 9.18 Å². The van der Waals surface area contributed by atoms with Gasteiger partial charge < -0.3 is 0 Å². The number of aryl methyl sites for hydroxylation is 1. The van der Waals surface area contributed by atoms with Crippen LogP contribution in [0.4, 0.5) is 4.39 Å². The van der Waals surface area contributed by atoms with Crippen LogP contribution in [0.3, 0.4) is 0 Å². The Kier molecular flexibility index (Phi) is 3.57. The van der Waals surface area contributed by atoms with E-state index in [9.17, 15) is 9.18 Å². The van der Waals surface area contributed by atoms with Gasteiger partial charge in [0.25, 0.3) is 0 Å². The van der Waals surface area contributed by atoms with Crippen LogP contribution in [-0.4, -0.2) is 5.78 Å². The van der Waals surface area contributed by atoms with Gasteiger partial charge in [0.2, 0.25) is 0 Å². The molecule has 2 aromatic rings. The summed E-state index contributed by atoms with van der Waals surface area (Å²) < 4.78 is 14.1. The molecule has 0 saturated heterocycles. The highest BCUT2D eigenvalue weighted by molar-refractivity contribution is 7.19. The molecule has 0 fully saturated rings. The van der Waals surface area contributed by atoms with Crippen LogP contribution in [0, 0.1) is 11.7 Å². The van der Waals surface area contributed by atoms with Crippen molar-refractivity contribution in [3.63, 3.8) is 0 Å². The van der Waals surface area contributed by atoms with Gasteiger partial charge in [0, 0.05) is 21.9 Å². The average molecular weight is 250 g/mol. The zero-order valence-electron chi connectivity index (χ0n) is 10.00. The molecule has 0 aliphatic rings. The summed E-state index contributed by atoms with van der Waals surface area (Å²) >= 11 is 1.64. The second-order valence-corrected chi connectivity index (χ2v) is 5.68. The van der Waals surface area contributed by atoms with Gasteiger partial charge in [-0.25, -0.2) is 4.39 Å².